The first-order chi connectivity index (χ1) is 15.6. The van der Waals surface area contributed by atoms with E-state index in [9.17, 15) is 4.79 Å². The van der Waals surface area contributed by atoms with Gasteiger partial charge < -0.3 is 9.47 Å². The van der Waals surface area contributed by atoms with Crippen molar-refractivity contribution in [1.29, 1.82) is 0 Å². The molecular weight excluding hydrogens is 462 g/mol. The summed E-state index contributed by atoms with van der Waals surface area (Å²) < 4.78 is 2.19. The third-order valence-electron chi connectivity index (χ3n) is 5.06. The predicted octanol–water partition coefficient (Wildman–Crippen LogP) is 6.33. The number of alkyl halides is 1. The summed E-state index contributed by atoms with van der Waals surface area (Å²) in [4.78, 5) is 19.2. The predicted molar refractivity (Wildman–Crippen MR) is 139 cm³/mol. The minimum Gasteiger partial charge on any atom is -0.343 e. The molecule has 0 bridgehead atoms. The molecule has 32 heavy (non-hydrogen) atoms. The Bertz CT molecular complexity index is 1050. The molecule has 3 aromatic rings. The van der Waals surface area contributed by atoms with E-state index in [0.29, 0.717) is 13.0 Å². The Morgan fingerprint density at radius 2 is 1.84 bits per heavy atom. The fraction of sp³-hybridized carbons (Fsp3) is 0.259. The van der Waals surface area contributed by atoms with Crippen LogP contribution in [0.2, 0.25) is 0 Å². The van der Waals surface area contributed by atoms with Gasteiger partial charge in [-0.1, -0.05) is 71.1 Å². The fourth-order valence-corrected chi connectivity index (χ4v) is 3.52. The first-order valence-corrected chi connectivity index (χ1v) is 12.3. The van der Waals surface area contributed by atoms with E-state index in [0.717, 1.165) is 28.6 Å². The van der Waals surface area contributed by atoms with Gasteiger partial charge in [-0.05, 0) is 49.0 Å². The molecule has 1 aromatic carbocycles. The molecule has 0 aliphatic heterocycles. The van der Waals surface area contributed by atoms with Gasteiger partial charge >= 0.3 is 0 Å². The number of amides is 1. The summed E-state index contributed by atoms with van der Waals surface area (Å²) in [6.07, 6.45) is 15.8. The van der Waals surface area contributed by atoms with Gasteiger partial charge in [0.2, 0.25) is 5.91 Å². The van der Waals surface area contributed by atoms with Crippen molar-refractivity contribution in [2.24, 2.45) is 0 Å². The molecule has 0 saturated carbocycles. The molecular formula is C27H32BrN3O. The average molecular weight is 494 g/mol. The number of aromatic nitrogens is 2. The second kappa shape index (κ2) is 13.5. The lowest BCUT2D eigenvalue weighted by atomic mass is 10.1. The maximum absolute atomic E-state index is 13.2. The Balaban J connectivity index is 0.00000176. The highest BCUT2D eigenvalue weighted by Gasteiger charge is 2.20. The molecule has 1 amide bonds. The second-order valence-electron chi connectivity index (χ2n) is 7.52. The number of benzene rings is 1. The number of rotatable bonds is 9. The molecule has 168 valence electrons. The van der Waals surface area contributed by atoms with Crippen LogP contribution < -0.4 is 0 Å². The number of nitrogens with zero attached hydrogens (tertiary/aromatic N) is 3. The van der Waals surface area contributed by atoms with Crippen LogP contribution in [0.4, 0.5) is 0 Å². The molecule has 0 aliphatic carbocycles. The Hall–Kier alpha value is -2.92. The number of fused-ring (bicyclic) bond motifs is 1. The summed E-state index contributed by atoms with van der Waals surface area (Å²) in [7, 11) is 0. The van der Waals surface area contributed by atoms with Crippen LogP contribution in [0, 0.1) is 0 Å². The number of para-hydroxylation sites is 1. The first-order valence-electron chi connectivity index (χ1n) is 10.7. The molecule has 4 nitrogen and oxygen atoms in total. The number of halogens is 1. The van der Waals surface area contributed by atoms with E-state index in [1.54, 1.807) is 18.5 Å². The van der Waals surface area contributed by atoms with Crippen molar-refractivity contribution in [2.75, 3.05) is 5.83 Å². The lowest BCUT2D eigenvalue weighted by molar-refractivity contribution is -0.132. The average Bonchev–Trinajstić information content (AvgIpc) is 3.16. The second-order valence-corrected chi connectivity index (χ2v) is 7.52. The number of carbonyl (C=O) groups is 1. The van der Waals surface area contributed by atoms with Crippen molar-refractivity contribution >= 4 is 32.7 Å². The van der Waals surface area contributed by atoms with Gasteiger partial charge in [-0.3, -0.25) is 9.78 Å². The van der Waals surface area contributed by atoms with E-state index in [-0.39, 0.29) is 11.9 Å². The molecule has 0 unspecified atom stereocenters. The molecule has 0 aliphatic rings. The van der Waals surface area contributed by atoms with Gasteiger partial charge in [0.25, 0.3) is 0 Å². The Morgan fingerprint density at radius 3 is 2.53 bits per heavy atom. The van der Waals surface area contributed by atoms with Crippen molar-refractivity contribution in [3.63, 3.8) is 0 Å². The standard InChI is InChI=1S/C26H29N3O.CH3Br/c1-4-5-6-7-10-17-28-20-23(24-11-8-9-12-25(24)28)18-26(30)29(21(2)3)19-22-13-15-27-16-14-22;1-2/h4-16,20-21H,1,17-19H2,2-3H3;1H3/b6-5-,10-7+;. The van der Waals surface area contributed by atoms with Crippen molar-refractivity contribution in [1.82, 2.24) is 14.5 Å². The van der Waals surface area contributed by atoms with Gasteiger partial charge in [0.15, 0.2) is 0 Å². The third-order valence-corrected chi connectivity index (χ3v) is 5.06. The monoisotopic (exact) mass is 493 g/mol. The lowest BCUT2D eigenvalue weighted by Gasteiger charge is -2.27. The van der Waals surface area contributed by atoms with E-state index >= 15 is 0 Å². The zero-order chi connectivity index (χ0) is 23.3. The summed E-state index contributed by atoms with van der Waals surface area (Å²) in [5, 5.41) is 1.13. The van der Waals surface area contributed by atoms with E-state index in [4.69, 9.17) is 0 Å². The van der Waals surface area contributed by atoms with Crippen LogP contribution in [-0.4, -0.2) is 32.2 Å². The van der Waals surface area contributed by atoms with Gasteiger partial charge in [-0.15, -0.1) is 0 Å². The number of pyridine rings is 1. The third kappa shape index (κ3) is 7.06. The Labute approximate surface area is 200 Å². The molecule has 0 atom stereocenters. The molecule has 5 heteroatoms. The largest absolute Gasteiger partial charge is 0.343 e. The Kier molecular flexibility index (Phi) is 10.7. The van der Waals surface area contributed by atoms with Crippen LogP contribution in [0.1, 0.15) is 25.0 Å². The number of hydrogen-bond donors (Lipinski definition) is 0. The van der Waals surface area contributed by atoms with Crippen LogP contribution in [0.5, 0.6) is 0 Å². The van der Waals surface area contributed by atoms with Crippen molar-refractivity contribution in [3.05, 3.63) is 103 Å². The van der Waals surface area contributed by atoms with Crippen LogP contribution in [-0.2, 0) is 24.3 Å². The van der Waals surface area contributed by atoms with Gasteiger partial charge in [0.1, 0.15) is 0 Å². The van der Waals surface area contributed by atoms with Crippen molar-refractivity contribution in [2.45, 2.75) is 39.4 Å². The Morgan fingerprint density at radius 1 is 1.12 bits per heavy atom. The minimum absolute atomic E-state index is 0.124. The molecule has 2 aromatic heterocycles. The van der Waals surface area contributed by atoms with Gasteiger partial charge in [-0.2, -0.15) is 0 Å². The quantitative estimate of drug-likeness (QED) is 0.258. The molecule has 0 fully saturated rings. The summed E-state index contributed by atoms with van der Waals surface area (Å²) in [5.74, 6) is 1.95. The van der Waals surface area contributed by atoms with E-state index in [2.05, 4.69) is 70.3 Å². The summed E-state index contributed by atoms with van der Waals surface area (Å²) in [6.45, 7) is 9.14. The van der Waals surface area contributed by atoms with Crippen LogP contribution in [0.25, 0.3) is 10.9 Å². The molecule has 0 N–H and O–H groups in total. The SMILES string of the molecule is C=C/C=C\C=C\Cn1cc(CC(=O)N(Cc2ccncc2)C(C)C)c2ccccc21.CBr. The van der Waals surface area contributed by atoms with E-state index in [1.807, 2.05) is 53.2 Å². The van der Waals surface area contributed by atoms with Gasteiger partial charge in [0.05, 0.1) is 6.42 Å². The molecule has 2 heterocycles. The van der Waals surface area contributed by atoms with Gasteiger partial charge in [0, 0.05) is 48.6 Å². The van der Waals surface area contributed by atoms with Crippen molar-refractivity contribution in [3.8, 4) is 0 Å². The highest BCUT2D eigenvalue weighted by atomic mass is 79.9. The van der Waals surface area contributed by atoms with Crippen LogP contribution >= 0.6 is 15.9 Å². The molecule has 0 saturated heterocycles. The minimum atomic E-state index is 0.124. The number of carbonyl (C=O) groups excluding carboxylic acids is 1. The van der Waals surface area contributed by atoms with Crippen LogP contribution in [0.15, 0.2) is 91.9 Å². The summed E-state index contributed by atoms with van der Waals surface area (Å²) in [6, 6.07) is 12.3. The molecule has 3 rings (SSSR count). The maximum atomic E-state index is 13.2. The highest BCUT2D eigenvalue weighted by molar-refractivity contribution is 9.08. The summed E-state index contributed by atoms with van der Waals surface area (Å²) >= 11 is 2.94. The first kappa shape index (κ1) is 25.3. The number of allylic oxidation sites excluding steroid dienone is 5. The fourth-order valence-electron chi connectivity index (χ4n) is 3.52. The van der Waals surface area contributed by atoms with Gasteiger partial charge in [-0.25, -0.2) is 0 Å². The van der Waals surface area contributed by atoms with Crippen LogP contribution in [0.3, 0.4) is 0 Å². The summed E-state index contributed by atoms with van der Waals surface area (Å²) in [5.41, 5.74) is 3.29. The van der Waals surface area contributed by atoms with E-state index < -0.39 is 0 Å². The van der Waals surface area contributed by atoms with E-state index in [1.165, 1.54) is 0 Å². The zero-order valence-electron chi connectivity index (χ0n) is 19.1. The zero-order valence-corrected chi connectivity index (χ0v) is 20.7. The molecule has 0 spiro atoms. The normalized spacial score (nSPS) is 11.2. The number of hydrogen-bond acceptors (Lipinski definition) is 2. The lowest BCUT2D eigenvalue weighted by Crippen LogP contribution is -2.37. The maximum Gasteiger partial charge on any atom is 0.227 e. The highest BCUT2D eigenvalue weighted by Crippen LogP contribution is 2.23. The molecule has 0 radical (unpaired) electrons. The smallest absolute Gasteiger partial charge is 0.227 e. The van der Waals surface area contributed by atoms with Crippen molar-refractivity contribution < 1.29 is 4.79 Å². The topological polar surface area (TPSA) is 38.1 Å².